The zero-order valence-corrected chi connectivity index (χ0v) is 10.8. The summed E-state index contributed by atoms with van der Waals surface area (Å²) >= 11 is 0. The van der Waals surface area contributed by atoms with Gasteiger partial charge in [-0.05, 0) is 36.4 Å². The maximum atomic E-state index is 11.3. The number of phenolic OH excluding ortho intramolecular Hbond substituents is 1. The molecule has 1 aliphatic heterocycles. The summed E-state index contributed by atoms with van der Waals surface area (Å²) < 4.78 is 5.56. The first-order chi connectivity index (χ1) is 10.1. The maximum absolute atomic E-state index is 11.3. The lowest BCUT2D eigenvalue weighted by Crippen LogP contribution is -2.24. The molecule has 1 saturated heterocycles. The Labute approximate surface area is 119 Å². The standard InChI is InChI=1S/C14H11N3O4/c18-10-3-1-9(2-4-10)12-6-5-11(21-12)7-15-17-8-13(19)16-14(17)20/h1-7,18H,8H2,(H,16,19,20). The molecule has 0 bridgehead atoms. The molecule has 106 valence electrons. The van der Waals surface area contributed by atoms with Gasteiger partial charge >= 0.3 is 6.03 Å². The van der Waals surface area contributed by atoms with E-state index in [1.165, 1.54) is 6.21 Å². The molecular formula is C14H11N3O4. The first-order valence-electron chi connectivity index (χ1n) is 6.16. The SMILES string of the molecule is O=C1CN(N=Cc2ccc(-c3ccc(O)cc3)o2)C(=O)N1. The highest BCUT2D eigenvalue weighted by molar-refractivity contribution is 6.02. The molecule has 0 atom stereocenters. The fraction of sp³-hybridized carbons (Fsp3) is 0.0714. The zero-order chi connectivity index (χ0) is 14.8. The van der Waals surface area contributed by atoms with E-state index in [4.69, 9.17) is 4.42 Å². The maximum Gasteiger partial charge on any atom is 0.344 e. The topological polar surface area (TPSA) is 95.1 Å². The van der Waals surface area contributed by atoms with Gasteiger partial charge in [-0.25, -0.2) is 9.80 Å². The minimum atomic E-state index is -0.554. The Morgan fingerprint density at radius 2 is 1.95 bits per heavy atom. The van der Waals surface area contributed by atoms with Gasteiger partial charge in [0.25, 0.3) is 0 Å². The molecule has 0 saturated carbocycles. The molecule has 2 heterocycles. The van der Waals surface area contributed by atoms with Gasteiger partial charge in [-0.2, -0.15) is 5.10 Å². The number of carbonyl (C=O) groups excluding carboxylic acids is 2. The third kappa shape index (κ3) is 2.76. The second-order valence-electron chi connectivity index (χ2n) is 4.40. The van der Waals surface area contributed by atoms with Crippen molar-refractivity contribution >= 4 is 18.2 Å². The Bertz CT molecular complexity index is 718. The number of benzene rings is 1. The van der Waals surface area contributed by atoms with E-state index in [0.717, 1.165) is 10.6 Å². The fourth-order valence-corrected chi connectivity index (χ4v) is 1.85. The largest absolute Gasteiger partial charge is 0.508 e. The van der Waals surface area contributed by atoms with E-state index in [-0.39, 0.29) is 18.2 Å². The predicted molar refractivity (Wildman–Crippen MR) is 73.6 cm³/mol. The molecule has 21 heavy (non-hydrogen) atoms. The number of nitrogens with zero attached hydrogens (tertiary/aromatic N) is 2. The highest BCUT2D eigenvalue weighted by Crippen LogP contribution is 2.23. The van der Waals surface area contributed by atoms with Crippen molar-refractivity contribution in [1.82, 2.24) is 10.3 Å². The van der Waals surface area contributed by atoms with Crippen LogP contribution in [-0.2, 0) is 4.79 Å². The Morgan fingerprint density at radius 3 is 2.62 bits per heavy atom. The van der Waals surface area contributed by atoms with Crippen LogP contribution >= 0.6 is 0 Å². The monoisotopic (exact) mass is 285 g/mol. The number of furan rings is 1. The molecule has 0 aliphatic carbocycles. The smallest absolute Gasteiger partial charge is 0.344 e. The summed E-state index contributed by atoms with van der Waals surface area (Å²) in [5.41, 5.74) is 0.807. The van der Waals surface area contributed by atoms with Gasteiger partial charge in [0.2, 0.25) is 5.91 Å². The number of urea groups is 1. The third-order valence-electron chi connectivity index (χ3n) is 2.88. The third-order valence-corrected chi connectivity index (χ3v) is 2.88. The molecular weight excluding hydrogens is 274 g/mol. The van der Waals surface area contributed by atoms with Gasteiger partial charge in [-0.15, -0.1) is 0 Å². The van der Waals surface area contributed by atoms with Crippen LogP contribution in [0.25, 0.3) is 11.3 Å². The number of amides is 3. The summed E-state index contributed by atoms with van der Waals surface area (Å²) in [5, 5.41) is 16.3. The molecule has 2 N–H and O–H groups in total. The molecule has 7 heteroatoms. The first kappa shape index (κ1) is 12.9. The molecule has 3 rings (SSSR count). The van der Waals surface area contributed by atoms with E-state index in [0.29, 0.717) is 11.5 Å². The van der Waals surface area contributed by atoms with Gasteiger partial charge in [0.15, 0.2) is 0 Å². The van der Waals surface area contributed by atoms with Crippen LogP contribution in [0.1, 0.15) is 5.76 Å². The molecule has 2 aromatic rings. The molecule has 1 aromatic carbocycles. The number of rotatable bonds is 3. The van der Waals surface area contributed by atoms with Crippen LogP contribution in [0.15, 0.2) is 45.9 Å². The molecule has 1 aliphatic rings. The number of imide groups is 1. The van der Waals surface area contributed by atoms with Crippen molar-refractivity contribution in [3.63, 3.8) is 0 Å². The summed E-state index contributed by atoms with van der Waals surface area (Å²) in [5.74, 6) is 0.849. The average Bonchev–Trinajstić information content (AvgIpc) is 3.04. The second-order valence-corrected chi connectivity index (χ2v) is 4.40. The number of nitrogens with one attached hydrogen (secondary N) is 1. The number of phenols is 1. The normalized spacial score (nSPS) is 15.0. The van der Waals surface area contributed by atoms with Crippen LogP contribution in [0, 0.1) is 0 Å². The van der Waals surface area contributed by atoms with Crippen molar-refractivity contribution in [3.05, 3.63) is 42.2 Å². The van der Waals surface area contributed by atoms with Crippen LogP contribution in [0.3, 0.4) is 0 Å². The molecule has 0 spiro atoms. The molecule has 1 fully saturated rings. The Balaban J connectivity index is 1.75. The second kappa shape index (κ2) is 5.12. The number of hydrogen-bond donors (Lipinski definition) is 2. The van der Waals surface area contributed by atoms with Crippen LogP contribution in [0.2, 0.25) is 0 Å². The van der Waals surface area contributed by atoms with Gasteiger partial charge in [0.05, 0.1) is 6.21 Å². The fourth-order valence-electron chi connectivity index (χ4n) is 1.85. The van der Waals surface area contributed by atoms with Crippen molar-refractivity contribution in [2.24, 2.45) is 5.10 Å². The first-order valence-corrected chi connectivity index (χ1v) is 6.16. The number of hydrazone groups is 1. The van der Waals surface area contributed by atoms with E-state index >= 15 is 0 Å². The summed E-state index contributed by atoms with van der Waals surface area (Å²) in [4.78, 5) is 22.3. The van der Waals surface area contributed by atoms with Crippen molar-refractivity contribution in [2.75, 3.05) is 6.54 Å². The van der Waals surface area contributed by atoms with Crippen LogP contribution < -0.4 is 5.32 Å². The molecule has 0 unspecified atom stereocenters. The van der Waals surface area contributed by atoms with E-state index in [1.807, 2.05) is 0 Å². The van der Waals surface area contributed by atoms with E-state index in [1.54, 1.807) is 36.4 Å². The summed E-state index contributed by atoms with van der Waals surface area (Å²) in [6.45, 7) is -0.0964. The Hall–Kier alpha value is -3.09. The van der Waals surface area contributed by atoms with Crippen molar-refractivity contribution in [1.29, 1.82) is 0 Å². The molecule has 1 aromatic heterocycles. The van der Waals surface area contributed by atoms with E-state index < -0.39 is 6.03 Å². The summed E-state index contributed by atoms with van der Waals surface area (Å²) in [6.07, 6.45) is 1.36. The molecule has 7 nitrogen and oxygen atoms in total. The summed E-state index contributed by atoms with van der Waals surface area (Å²) in [7, 11) is 0. The van der Waals surface area contributed by atoms with Crippen molar-refractivity contribution < 1.29 is 19.1 Å². The Kier molecular flexibility index (Phi) is 3.15. The Morgan fingerprint density at radius 1 is 1.19 bits per heavy atom. The lowest BCUT2D eigenvalue weighted by molar-refractivity contribution is -0.118. The van der Waals surface area contributed by atoms with Crippen LogP contribution in [0.4, 0.5) is 4.79 Å². The van der Waals surface area contributed by atoms with Crippen LogP contribution in [0.5, 0.6) is 5.75 Å². The molecule has 3 amide bonds. The van der Waals surface area contributed by atoms with E-state index in [2.05, 4.69) is 10.4 Å². The lowest BCUT2D eigenvalue weighted by atomic mass is 10.2. The summed E-state index contributed by atoms with van der Waals surface area (Å²) in [6, 6.07) is 9.47. The quantitative estimate of drug-likeness (QED) is 0.660. The minimum absolute atomic E-state index is 0.0964. The number of hydrogen-bond acceptors (Lipinski definition) is 5. The number of carbonyl (C=O) groups is 2. The molecule has 0 radical (unpaired) electrons. The van der Waals surface area contributed by atoms with Crippen LogP contribution in [-0.4, -0.2) is 34.8 Å². The number of aromatic hydroxyl groups is 1. The minimum Gasteiger partial charge on any atom is -0.508 e. The highest BCUT2D eigenvalue weighted by Gasteiger charge is 2.25. The van der Waals surface area contributed by atoms with Crippen molar-refractivity contribution in [3.8, 4) is 17.1 Å². The lowest BCUT2D eigenvalue weighted by Gasteiger charge is -2.02. The van der Waals surface area contributed by atoms with Gasteiger partial charge < -0.3 is 9.52 Å². The zero-order valence-electron chi connectivity index (χ0n) is 10.8. The van der Waals surface area contributed by atoms with Gasteiger partial charge in [-0.3, -0.25) is 10.1 Å². The predicted octanol–water partition coefficient (Wildman–Crippen LogP) is 1.54. The van der Waals surface area contributed by atoms with Gasteiger partial charge in [0, 0.05) is 5.56 Å². The average molecular weight is 285 g/mol. The van der Waals surface area contributed by atoms with E-state index in [9.17, 15) is 14.7 Å². The van der Waals surface area contributed by atoms with Crippen molar-refractivity contribution in [2.45, 2.75) is 0 Å². The highest BCUT2D eigenvalue weighted by atomic mass is 16.3. The van der Waals surface area contributed by atoms with Gasteiger partial charge in [-0.1, -0.05) is 0 Å². The van der Waals surface area contributed by atoms with Gasteiger partial charge in [0.1, 0.15) is 23.8 Å².